The fourth-order valence-electron chi connectivity index (χ4n) is 1.61. The molecule has 0 amide bonds. The topological polar surface area (TPSA) is 9.23 Å². The predicted octanol–water partition coefficient (Wildman–Crippen LogP) is 5.45. The van der Waals surface area contributed by atoms with E-state index in [0.29, 0.717) is 16.3 Å². The number of benzene rings is 2. The Hall–Kier alpha value is -0.960. The zero-order valence-electron chi connectivity index (χ0n) is 9.80. The lowest BCUT2D eigenvalue weighted by Gasteiger charge is -2.11. The summed E-state index contributed by atoms with van der Waals surface area (Å²) in [7, 11) is 0. The lowest BCUT2D eigenvalue weighted by atomic mass is 10.2. The van der Waals surface area contributed by atoms with Crippen LogP contribution in [0.4, 0.5) is 4.39 Å². The van der Waals surface area contributed by atoms with Crippen LogP contribution in [-0.2, 0) is 12.5 Å². The van der Waals surface area contributed by atoms with Gasteiger partial charge in [-0.3, -0.25) is 0 Å². The molecule has 19 heavy (non-hydrogen) atoms. The molecule has 0 aliphatic carbocycles. The highest BCUT2D eigenvalue weighted by Crippen LogP contribution is 2.26. The first-order valence-electron chi connectivity index (χ1n) is 5.52. The number of rotatable bonds is 4. The third kappa shape index (κ3) is 3.53. The van der Waals surface area contributed by atoms with E-state index in [-0.39, 0.29) is 17.5 Å². The van der Waals surface area contributed by atoms with Crippen molar-refractivity contribution in [2.75, 3.05) is 0 Å². The van der Waals surface area contributed by atoms with Crippen molar-refractivity contribution in [2.45, 2.75) is 12.5 Å². The summed E-state index contributed by atoms with van der Waals surface area (Å²) >= 11 is 17.4. The van der Waals surface area contributed by atoms with E-state index in [1.807, 2.05) is 0 Å². The molecule has 0 radical (unpaired) electrons. The Morgan fingerprint density at radius 1 is 1.05 bits per heavy atom. The van der Waals surface area contributed by atoms with Gasteiger partial charge in [0.05, 0.1) is 10.9 Å². The minimum Gasteiger partial charge on any atom is -0.488 e. The standard InChI is InChI=1S/C14H10Cl3FO/c15-7-10-6-11(16)4-5-13(10)19-8-9-2-1-3-12(17)14(9)18/h1-6H,7-8H2. The van der Waals surface area contributed by atoms with Crippen LogP contribution in [0.1, 0.15) is 11.1 Å². The van der Waals surface area contributed by atoms with E-state index in [9.17, 15) is 4.39 Å². The summed E-state index contributed by atoms with van der Waals surface area (Å²) in [5.74, 6) is 0.387. The Morgan fingerprint density at radius 3 is 2.58 bits per heavy atom. The largest absolute Gasteiger partial charge is 0.488 e. The Bertz CT molecular complexity index is 587. The van der Waals surface area contributed by atoms with Crippen LogP contribution in [-0.4, -0.2) is 0 Å². The zero-order valence-corrected chi connectivity index (χ0v) is 12.1. The second-order valence-corrected chi connectivity index (χ2v) is 5.00. The zero-order chi connectivity index (χ0) is 13.8. The normalized spacial score (nSPS) is 10.5. The van der Waals surface area contributed by atoms with Crippen LogP contribution in [0.5, 0.6) is 5.75 Å². The summed E-state index contributed by atoms with van der Waals surface area (Å²) < 4.78 is 19.3. The molecule has 0 aliphatic heterocycles. The Balaban J connectivity index is 2.17. The Kier molecular flexibility index (Phi) is 4.92. The van der Waals surface area contributed by atoms with Gasteiger partial charge in [0.1, 0.15) is 18.2 Å². The van der Waals surface area contributed by atoms with Gasteiger partial charge in [0.2, 0.25) is 0 Å². The van der Waals surface area contributed by atoms with Crippen LogP contribution in [0.15, 0.2) is 36.4 Å². The fourth-order valence-corrected chi connectivity index (χ4v) is 2.21. The molecule has 0 fully saturated rings. The van der Waals surface area contributed by atoms with E-state index < -0.39 is 5.82 Å². The van der Waals surface area contributed by atoms with Gasteiger partial charge in [0.15, 0.2) is 0 Å². The SMILES string of the molecule is Fc1c(Cl)cccc1COc1ccc(Cl)cc1CCl. The predicted molar refractivity (Wildman–Crippen MR) is 76.8 cm³/mol. The van der Waals surface area contributed by atoms with E-state index >= 15 is 0 Å². The van der Waals surface area contributed by atoms with Crippen LogP contribution >= 0.6 is 34.8 Å². The average Bonchev–Trinajstić information content (AvgIpc) is 2.41. The van der Waals surface area contributed by atoms with Crippen LogP contribution < -0.4 is 4.74 Å². The second-order valence-electron chi connectivity index (χ2n) is 3.89. The minimum absolute atomic E-state index is 0.0785. The third-order valence-corrected chi connectivity index (χ3v) is 3.40. The van der Waals surface area contributed by atoms with Crippen molar-refractivity contribution in [3.05, 3.63) is 63.4 Å². The van der Waals surface area contributed by atoms with Crippen LogP contribution in [0.25, 0.3) is 0 Å². The molecule has 0 saturated heterocycles. The van der Waals surface area contributed by atoms with Gasteiger partial charge in [-0.05, 0) is 24.3 Å². The van der Waals surface area contributed by atoms with E-state index in [1.165, 1.54) is 6.07 Å². The molecule has 0 N–H and O–H groups in total. The number of alkyl halides is 1. The van der Waals surface area contributed by atoms with Gasteiger partial charge >= 0.3 is 0 Å². The van der Waals surface area contributed by atoms with Crippen molar-refractivity contribution in [2.24, 2.45) is 0 Å². The second kappa shape index (κ2) is 6.47. The highest BCUT2D eigenvalue weighted by Gasteiger charge is 2.09. The van der Waals surface area contributed by atoms with Gasteiger partial charge in [-0.2, -0.15) is 0 Å². The molecule has 2 aromatic carbocycles. The Labute approximate surface area is 125 Å². The summed E-state index contributed by atoms with van der Waals surface area (Å²) in [6.45, 7) is 0.0813. The first kappa shape index (κ1) is 14.4. The first-order valence-corrected chi connectivity index (χ1v) is 6.81. The maximum absolute atomic E-state index is 13.7. The molecule has 2 rings (SSSR count). The number of hydrogen-bond acceptors (Lipinski definition) is 1. The van der Waals surface area contributed by atoms with Gasteiger partial charge in [0, 0.05) is 16.1 Å². The number of halogens is 4. The van der Waals surface area contributed by atoms with Crippen molar-refractivity contribution in [3.63, 3.8) is 0 Å². The number of hydrogen-bond donors (Lipinski definition) is 0. The summed E-state index contributed by atoms with van der Waals surface area (Å²) in [6, 6.07) is 9.92. The van der Waals surface area contributed by atoms with Gasteiger partial charge in [-0.15, -0.1) is 11.6 Å². The molecule has 2 aromatic rings. The van der Waals surface area contributed by atoms with Crippen molar-refractivity contribution in [1.29, 1.82) is 0 Å². The van der Waals surface area contributed by atoms with E-state index in [2.05, 4.69) is 0 Å². The highest BCUT2D eigenvalue weighted by atomic mass is 35.5. The first-order chi connectivity index (χ1) is 9.11. The van der Waals surface area contributed by atoms with Crippen molar-refractivity contribution >= 4 is 34.8 Å². The van der Waals surface area contributed by atoms with Crippen LogP contribution in [0.2, 0.25) is 10.0 Å². The fraction of sp³-hybridized carbons (Fsp3) is 0.143. The smallest absolute Gasteiger partial charge is 0.148 e. The van der Waals surface area contributed by atoms with Crippen molar-refractivity contribution in [1.82, 2.24) is 0 Å². The average molecular weight is 320 g/mol. The van der Waals surface area contributed by atoms with E-state index in [0.717, 1.165) is 5.56 Å². The van der Waals surface area contributed by atoms with Crippen molar-refractivity contribution < 1.29 is 9.13 Å². The molecule has 0 atom stereocenters. The quantitative estimate of drug-likeness (QED) is 0.681. The lowest BCUT2D eigenvalue weighted by Crippen LogP contribution is -2.00. The van der Waals surface area contributed by atoms with Gasteiger partial charge < -0.3 is 4.74 Å². The molecule has 0 aromatic heterocycles. The highest BCUT2D eigenvalue weighted by molar-refractivity contribution is 6.31. The molecule has 0 bridgehead atoms. The monoisotopic (exact) mass is 318 g/mol. The summed E-state index contributed by atoms with van der Waals surface area (Å²) in [6.07, 6.45) is 0. The maximum atomic E-state index is 13.7. The van der Waals surface area contributed by atoms with Crippen LogP contribution in [0.3, 0.4) is 0 Å². The molecular weight excluding hydrogens is 310 g/mol. The van der Waals surface area contributed by atoms with E-state index in [1.54, 1.807) is 30.3 Å². The molecular formula is C14H10Cl3FO. The Morgan fingerprint density at radius 2 is 1.84 bits per heavy atom. The summed E-state index contributed by atoms with van der Waals surface area (Å²) in [5, 5.41) is 0.659. The third-order valence-electron chi connectivity index (χ3n) is 2.58. The summed E-state index contributed by atoms with van der Waals surface area (Å²) in [4.78, 5) is 0. The molecule has 100 valence electrons. The van der Waals surface area contributed by atoms with Gasteiger partial charge in [-0.1, -0.05) is 35.3 Å². The summed E-state index contributed by atoms with van der Waals surface area (Å²) in [5.41, 5.74) is 1.15. The maximum Gasteiger partial charge on any atom is 0.148 e. The number of ether oxygens (including phenoxy) is 1. The van der Waals surface area contributed by atoms with Crippen LogP contribution in [0, 0.1) is 5.82 Å². The molecule has 0 saturated carbocycles. The minimum atomic E-state index is -0.467. The molecule has 5 heteroatoms. The molecule has 0 unspecified atom stereocenters. The van der Waals surface area contributed by atoms with Gasteiger partial charge in [0.25, 0.3) is 0 Å². The lowest BCUT2D eigenvalue weighted by molar-refractivity contribution is 0.297. The molecule has 1 nitrogen and oxygen atoms in total. The van der Waals surface area contributed by atoms with Crippen molar-refractivity contribution in [3.8, 4) is 5.75 Å². The molecule has 0 heterocycles. The van der Waals surface area contributed by atoms with Gasteiger partial charge in [-0.25, -0.2) is 4.39 Å². The van der Waals surface area contributed by atoms with E-state index in [4.69, 9.17) is 39.5 Å². The molecule has 0 aliphatic rings. The molecule has 0 spiro atoms.